The molecule has 2 heterocycles. The van der Waals surface area contributed by atoms with Gasteiger partial charge in [-0.25, -0.2) is 0 Å². The molecule has 1 amide bonds. The van der Waals surface area contributed by atoms with Crippen LogP contribution in [0.1, 0.15) is 11.3 Å². The lowest BCUT2D eigenvalue weighted by molar-refractivity contribution is -0.114. The highest BCUT2D eigenvalue weighted by molar-refractivity contribution is 5.99. The van der Waals surface area contributed by atoms with E-state index in [0.29, 0.717) is 12.1 Å². The van der Waals surface area contributed by atoms with Crippen LogP contribution in [0.5, 0.6) is 0 Å². The lowest BCUT2D eigenvalue weighted by atomic mass is 10.1. The fraction of sp³-hybridized carbons (Fsp3) is 0.125. The maximum Gasteiger partial charge on any atom is 0.246 e. The third-order valence-electron chi connectivity index (χ3n) is 3.36. The smallest absolute Gasteiger partial charge is 0.246 e. The maximum atomic E-state index is 11.5. The van der Waals surface area contributed by atoms with Crippen molar-refractivity contribution in [3.8, 4) is 0 Å². The Bertz CT molecular complexity index is 664. The number of nitrogens with two attached hydrogens (primary N) is 1. The highest BCUT2D eigenvalue weighted by Crippen LogP contribution is 2.28. The molecule has 4 heteroatoms. The van der Waals surface area contributed by atoms with Crippen molar-refractivity contribution in [3.63, 3.8) is 0 Å². The molecule has 0 saturated heterocycles. The van der Waals surface area contributed by atoms with E-state index in [-0.39, 0.29) is 5.91 Å². The maximum absolute atomic E-state index is 11.5. The van der Waals surface area contributed by atoms with E-state index in [4.69, 9.17) is 5.73 Å². The molecule has 0 unspecified atom stereocenters. The van der Waals surface area contributed by atoms with Gasteiger partial charge in [-0.3, -0.25) is 9.78 Å². The van der Waals surface area contributed by atoms with Crippen LogP contribution >= 0.6 is 0 Å². The zero-order valence-corrected chi connectivity index (χ0v) is 11.0. The Kier molecular flexibility index (Phi) is 3.21. The number of hydrogen-bond acceptors (Lipinski definition) is 3. The van der Waals surface area contributed by atoms with E-state index < -0.39 is 0 Å². The molecule has 0 aliphatic carbocycles. The van der Waals surface area contributed by atoms with Crippen molar-refractivity contribution in [1.82, 2.24) is 4.98 Å². The summed E-state index contributed by atoms with van der Waals surface area (Å²) in [6.07, 6.45) is 3.50. The molecule has 2 N–H and O–H groups in total. The first kappa shape index (κ1) is 12.4. The van der Waals surface area contributed by atoms with Crippen LogP contribution in [0.15, 0.2) is 54.2 Å². The molecule has 1 aliphatic heterocycles. The molecular formula is C16H15N3O. The Labute approximate surface area is 117 Å². The number of nitrogens with zero attached hydrogens (tertiary/aromatic N) is 2. The number of amides is 1. The van der Waals surface area contributed by atoms with Crippen LogP contribution in [-0.2, 0) is 11.3 Å². The number of anilines is 1. The fourth-order valence-corrected chi connectivity index (χ4v) is 2.38. The van der Waals surface area contributed by atoms with Gasteiger partial charge >= 0.3 is 0 Å². The van der Waals surface area contributed by atoms with E-state index in [2.05, 4.69) is 22.0 Å². The van der Waals surface area contributed by atoms with Crippen molar-refractivity contribution in [2.24, 2.45) is 5.73 Å². The van der Waals surface area contributed by atoms with E-state index in [0.717, 1.165) is 17.9 Å². The number of fused-ring (bicyclic) bond motifs is 1. The minimum absolute atomic E-state index is 0.389. The van der Waals surface area contributed by atoms with Crippen molar-refractivity contribution in [3.05, 3.63) is 65.5 Å². The fourth-order valence-electron chi connectivity index (χ4n) is 2.38. The molecule has 100 valence electrons. The molecule has 1 aromatic heterocycles. The molecule has 0 fully saturated rings. The first-order valence-electron chi connectivity index (χ1n) is 6.48. The average molecular weight is 265 g/mol. The number of carbonyl (C=O) groups excluding carboxylic acids is 1. The monoisotopic (exact) mass is 265 g/mol. The summed E-state index contributed by atoms with van der Waals surface area (Å²) in [5, 5.41) is 0. The highest BCUT2D eigenvalue weighted by Gasteiger charge is 2.21. The minimum atomic E-state index is -0.389. The Morgan fingerprint density at radius 3 is 2.75 bits per heavy atom. The second-order valence-electron chi connectivity index (χ2n) is 4.78. The van der Waals surface area contributed by atoms with Gasteiger partial charge < -0.3 is 10.6 Å². The molecule has 0 saturated carbocycles. The molecule has 1 aliphatic rings. The van der Waals surface area contributed by atoms with Gasteiger partial charge in [0.2, 0.25) is 5.91 Å². The largest absolute Gasteiger partial charge is 0.366 e. The van der Waals surface area contributed by atoms with Crippen LogP contribution in [0.2, 0.25) is 0 Å². The summed E-state index contributed by atoms with van der Waals surface area (Å²) < 4.78 is 0. The van der Waals surface area contributed by atoms with Crippen molar-refractivity contribution in [1.29, 1.82) is 0 Å². The molecule has 0 radical (unpaired) electrons. The Balaban J connectivity index is 1.96. The van der Waals surface area contributed by atoms with Crippen LogP contribution in [-0.4, -0.2) is 17.4 Å². The second kappa shape index (κ2) is 5.17. The Morgan fingerprint density at radius 1 is 1.20 bits per heavy atom. The van der Waals surface area contributed by atoms with Gasteiger partial charge in [0.15, 0.2) is 0 Å². The van der Waals surface area contributed by atoms with Gasteiger partial charge in [0.25, 0.3) is 0 Å². The molecule has 20 heavy (non-hydrogen) atoms. The Hall–Kier alpha value is -2.62. The molecule has 0 spiro atoms. The second-order valence-corrected chi connectivity index (χ2v) is 4.78. The van der Waals surface area contributed by atoms with Gasteiger partial charge in [-0.05, 0) is 23.8 Å². The third kappa shape index (κ3) is 2.40. The molecule has 3 rings (SSSR count). The molecular weight excluding hydrogens is 250 g/mol. The molecule has 2 aromatic rings. The lowest BCUT2D eigenvalue weighted by Gasteiger charge is -2.29. The number of primary amides is 1. The van der Waals surface area contributed by atoms with E-state index in [1.807, 2.05) is 30.3 Å². The number of benzene rings is 1. The van der Waals surface area contributed by atoms with Gasteiger partial charge in [0, 0.05) is 24.9 Å². The predicted octanol–water partition coefficient (Wildman–Crippen LogP) is 1.97. The quantitative estimate of drug-likeness (QED) is 0.923. The SMILES string of the molecule is NC(=O)C1=Cc2ncccc2N(Cc2ccccc2)C1. The van der Waals surface area contributed by atoms with Gasteiger partial charge in [-0.1, -0.05) is 30.3 Å². The third-order valence-corrected chi connectivity index (χ3v) is 3.36. The van der Waals surface area contributed by atoms with Crippen LogP contribution in [0, 0.1) is 0 Å². The zero-order valence-electron chi connectivity index (χ0n) is 11.0. The van der Waals surface area contributed by atoms with E-state index in [1.54, 1.807) is 12.3 Å². The van der Waals surface area contributed by atoms with E-state index in [9.17, 15) is 4.79 Å². The average Bonchev–Trinajstić information content (AvgIpc) is 2.48. The minimum Gasteiger partial charge on any atom is -0.366 e. The standard InChI is InChI=1S/C16H15N3O/c17-16(20)13-9-14-15(7-4-8-18-14)19(11-13)10-12-5-2-1-3-6-12/h1-9H,10-11H2,(H2,17,20). The van der Waals surface area contributed by atoms with Crippen LogP contribution < -0.4 is 10.6 Å². The summed E-state index contributed by atoms with van der Waals surface area (Å²) in [6.45, 7) is 1.24. The van der Waals surface area contributed by atoms with E-state index >= 15 is 0 Å². The summed E-state index contributed by atoms with van der Waals surface area (Å²) >= 11 is 0. The first-order valence-corrected chi connectivity index (χ1v) is 6.48. The summed E-state index contributed by atoms with van der Waals surface area (Å²) in [5.74, 6) is -0.389. The summed E-state index contributed by atoms with van der Waals surface area (Å²) in [4.78, 5) is 17.9. The Morgan fingerprint density at radius 2 is 2.00 bits per heavy atom. The normalized spacial score (nSPS) is 13.6. The first-order chi connectivity index (χ1) is 9.74. The lowest BCUT2D eigenvalue weighted by Crippen LogP contribution is -2.33. The van der Waals surface area contributed by atoms with Crippen LogP contribution in [0.25, 0.3) is 6.08 Å². The van der Waals surface area contributed by atoms with E-state index in [1.165, 1.54) is 5.56 Å². The topological polar surface area (TPSA) is 59.2 Å². The number of hydrogen-bond donors (Lipinski definition) is 1. The van der Waals surface area contributed by atoms with Gasteiger partial charge in [-0.2, -0.15) is 0 Å². The van der Waals surface area contributed by atoms with Crippen LogP contribution in [0.3, 0.4) is 0 Å². The van der Waals surface area contributed by atoms with Gasteiger partial charge in [-0.15, -0.1) is 0 Å². The van der Waals surface area contributed by atoms with Gasteiger partial charge in [0.1, 0.15) is 0 Å². The number of carbonyl (C=O) groups is 1. The summed E-state index contributed by atoms with van der Waals surface area (Å²) in [6, 6.07) is 14.1. The van der Waals surface area contributed by atoms with Crippen molar-refractivity contribution in [2.75, 3.05) is 11.4 Å². The van der Waals surface area contributed by atoms with Crippen molar-refractivity contribution < 1.29 is 4.79 Å². The van der Waals surface area contributed by atoms with Crippen LogP contribution in [0.4, 0.5) is 5.69 Å². The summed E-state index contributed by atoms with van der Waals surface area (Å²) in [7, 11) is 0. The van der Waals surface area contributed by atoms with Crippen molar-refractivity contribution in [2.45, 2.75) is 6.54 Å². The number of rotatable bonds is 3. The molecule has 4 nitrogen and oxygen atoms in total. The molecule has 1 aromatic carbocycles. The molecule has 0 atom stereocenters. The van der Waals surface area contributed by atoms with Gasteiger partial charge in [0.05, 0.1) is 11.4 Å². The summed E-state index contributed by atoms with van der Waals surface area (Å²) in [5.41, 5.74) is 9.02. The number of aromatic nitrogens is 1. The number of pyridine rings is 1. The molecule has 0 bridgehead atoms. The highest BCUT2D eigenvalue weighted by atomic mass is 16.1. The zero-order chi connectivity index (χ0) is 13.9. The predicted molar refractivity (Wildman–Crippen MR) is 78.9 cm³/mol. The van der Waals surface area contributed by atoms with Crippen molar-refractivity contribution >= 4 is 17.7 Å².